The Bertz CT molecular complexity index is 1500. The topological polar surface area (TPSA) is 114 Å². The molecule has 2 aromatic rings. The minimum atomic E-state index is -1.02. The first-order valence-electron chi connectivity index (χ1n) is 17.0. The first-order chi connectivity index (χ1) is 23.3. The number of nitrogens with one attached hydrogen (secondary N) is 2. The van der Waals surface area contributed by atoms with Crippen molar-refractivity contribution in [1.29, 1.82) is 0 Å². The summed E-state index contributed by atoms with van der Waals surface area (Å²) < 4.78 is 11.8. The fraction of sp³-hybridized carbons (Fsp3) is 0.450. The maximum absolute atomic E-state index is 14.0. The lowest BCUT2D eigenvalue weighted by Crippen LogP contribution is -2.58. The lowest BCUT2D eigenvalue weighted by Gasteiger charge is -2.32. The Morgan fingerprint density at radius 1 is 0.857 bits per heavy atom. The molecule has 0 bridgehead atoms. The number of esters is 1. The van der Waals surface area contributed by atoms with E-state index in [9.17, 15) is 19.2 Å². The molecule has 0 unspecified atom stereocenters. The van der Waals surface area contributed by atoms with Crippen LogP contribution in [0.4, 0.5) is 0 Å². The summed E-state index contributed by atoms with van der Waals surface area (Å²) in [4.78, 5) is 56.8. The van der Waals surface area contributed by atoms with E-state index in [1.807, 2.05) is 120 Å². The molecule has 0 aromatic heterocycles. The molecule has 3 amide bonds. The number of carbonyl (C=O) groups is 4. The Morgan fingerprint density at radius 2 is 1.49 bits per heavy atom. The van der Waals surface area contributed by atoms with Gasteiger partial charge in [-0.2, -0.15) is 0 Å². The Hall–Kier alpha value is -4.50. The summed E-state index contributed by atoms with van der Waals surface area (Å²) in [5, 5.41) is 5.81. The second kappa shape index (κ2) is 18.9. The predicted molar refractivity (Wildman–Crippen MR) is 192 cm³/mol. The highest BCUT2D eigenvalue weighted by Crippen LogP contribution is 2.24. The van der Waals surface area contributed by atoms with E-state index < -0.39 is 42.0 Å². The Morgan fingerprint density at radius 3 is 2.08 bits per heavy atom. The van der Waals surface area contributed by atoms with Crippen molar-refractivity contribution in [2.45, 2.75) is 91.1 Å². The first kappa shape index (κ1) is 38.9. The van der Waals surface area contributed by atoms with Crippen LogP contribution in [0.25, 0.3) is 0 Å². The van der Waals surface area contributed by atoms with E-state index in [1.54, 1.807) is 21.1 Å². The van der Waals surface area contributed by atoms with Crippen LogP contribution < -0.4 is 10.6 Å². The van der Waals surface area contributed by atoms with Crippen molar-refractivity contribution >= 4 is 23.7 Å². The van der Waals surface area contributed by atoms with Crippen LogP contribution in [0.2, 0.25) is 0 Å². The van der Waals surface area contributed by atoms with Crippen LogP contribution >= 0.6 is 0 Å². The van der Waals surface area contributed by atoms with Gasteiger partial charge in [-0.3, -0.25) is 14.4 Å². The van der Waals surface area contributed by atoms with Crippen molar-refractivity contribution < 1.29 is 28.7 Å². The highest BCUT2D eigenvalue weighted by atomic mass is 16.5. The van der Waals surface area contributed by atoms with Gasteiger partial charge < -0.3 is 25.0 Å². The largest absolute Gasteiger partial charge is 0.456 e. The number of ether oxygens (including phenoxy) is 2. The van der Waals surface area contributed by atoms with Gasteiger partial charge >= 0.3 is 5.97 Å². The molecule has 2 N–H and O–H groups in total. The van der Waals surface area contributed by atoms with Gasteiger partial charge in [0.25, 0.3) is 0 Å². The minimum absolute atomic E-state index is 0.182. The predicted octanol–water partition coefficient (Wildman–Crippen LogP) is 5.88. The molecule has 1 aliphatic heterocycles. The van der Waals surface area contributed by atoms with Gasteiger partial charge in [0.1, 0.15) is 24.2 Å². The average Bonchev–Trinajstić information content (AvgIpc) is 3.07. The summed E-state index contributed by atoms with van der Waals surface area (Å²) in [6, 6.07) is 16.0. The summed E-state index contributed by atoms with van der Waals surface area (Å²) in [5.74, 6) is -2.42. The maximum atomic E-state index is 14.0. The van der Waals surface area contributed by atoms with Crippen LogP contribution in [0.3, 0.4) is 0 Å². The SMILES string of the molecule is CO[C@@H]1C/C=C(\C)C(=O)N(C)[C@@H](C(C)C)C(=O)N[C@H](Cc2ccccc2)C(=O)N[C@@H](C(C)C)C(=O)O[C@H](c2ccccc2)C/C=C/C=C/1C. The molecule has 1 aliphatic rings. The summed E-state index contributed by atoms with van der Waals surface area (Å²) >= 11 is 0. The van der Waals surface area contributed by atoms with Crippen molar-refractivity contribution in [2.24, 2.45) is 11.8 Å². The minimum Gasteiger partial charge on any atom is -0.456 e. The second-order valence-corrected chi connectivity index (χ2v) is 13.3. The van der Waals surface area contributed by atoms with Crippen LogP contribution in [0.1, 0.15) is 71.6 Å². The zero-order valence-electron chi connectivity index (χ0n) is 30.1. The van der Waals surface area contributed by atoms with E-state index in [0.29, 0.717) is 18.4 Å². The zero-order chi connectivity index (χ0) is 36.1. The molecule has 5 atom stereocenters. The Labute approximate surface area is 291 Å². The Balaban J connectivity index is 2.08. The summed E-state index contributed by atoms with van der Waals surface area (Å²) in [6.07, 6.45) is 7.78. The number of cyclic esters (lactones) is 1. The fourth-order valence-corrected chi connectivity index (χ4v) is 5.90. The highest BCUT2D eigenvalue weighted by molar-refractivity contribution is 5.98. The van der Waals surface area contributed by atoms with E-state index in [4.69, 9.17) is 9.47 Å². The molecule has 0 saturated carbocycles. The Kier molecular flexibility index (Phi) is 15.0. The van der Waals surface area contributed by atoms with Crippen molar-refractivity contribution in [3.8, 4) is 0 Å². The van der Waals surface area contributed by atoms with E-state index >= 15 is 0 Å². The molecule has 0 saturated heterocycles. The molecule has 3 rings (SSSR count). The molecule has 0 aliphatic carbocycles. The molecular formula is C40H53N3O6. The third-order valence-electron chi connectivity index (χ3n) is 8.81. The molecule has 0 fully saturated rings. The fourth-order valence-electron chi connectivity index (χ4n) is 5.90. The van der Waals surface area contributed by atoms with Crippen molar-refractivity contribution in [1.82, 2.24) is 15.5 Å². The van der Waals surface area contributed by atoms with Gasteiger partial charge in [0.15, 0.2) is 0 Å². The number of benzene rings is 2. The van der Waals surface area contributed by atoms with Crippen LogP contribution in [0, 0.1) is 11.8 Å². The number of methoxy groups -OCH3 is 1. The molecule has 2 aromatic carbocycles. The van der Waals surface area contributed by atoms with Gasteiger partial charge in [-0.15, -0.1) is 0 Å². The van der Waals surface area contributed by atoms with Gasteiger partial charge in [-0.1, -0.05) is 113 Å². The molecule has 49 heavy (non-hydrogen) atoms. The van der Waals surface area contributed by atoms with Crippen LogP contribution in [-0.2, 0) is 35.1 Å². The number of hydrogen-bond donors (Lipinski definition) is 2. The third-order valence-corrected chi connectivity index (χ3v) is 8.81. The number of likely N-dealkylation sites (N-methyl/N-ethyl adjacent to an activating group) is 1. The zero-order valence-corrected chi connectivity index (χ0v) is 30.1. The van der Waals surface area contributed by atoms with E-state index in [1.165, 1.54) is 4.90 Å². The average molecular weight is 672 g/mol. The smallest absolute Gasteiger partial charge is 0.329 e. The second-order valence-electron chi connectivity index (χ2n) is 13.3. The summed E-state index contributed by atoms with van der Waals surface area (Å²) in [5.41, 5.74) is 3.09. The summed E-state index contributed by atoms with van der Waals surface area (Å²) in [6.45, 7) is 11.1. The van der Waals surface area contributed by atoms with Crippen molar-refractivity contribution in [3.05, 3.63) is 107 Å². The number of rotatable bonds is 6. The maximum Gasteiger partial charge on any atom is 0.329 e. The van der Waals surface area contributed by atoms with Gasteiger partial charge in [0, 0.05) is 32.6 Å². The monoisotopic (exact) mass is 671 g/mol. The number of allylic oxidation sites excluding steroid dienone is 2. The van der Waals surface area contributed by atoms with Crippen molar-refractivity contribution in [2.75, 3.05) is 14.2 Å². The van der Waals surface area contributed by atoms with E-state index in [0.717, 1.165) is 16.7 Å². The third kappa shape index (κ3) is 11.3. The quantitative estimate of drug-likeness (QED) is 0.371. The number of carbonyl (C=O) groups excluding carboxylic acids is 4. The highest BCUT2D eigenvalue weighted by Gasteiger charge is 2.35. The lowest BCUT2D eigenvalue weighted by molar-refractivity contribution is -0.155. The first-order valence-corrected chi connectivity index (χ1v) is 17.0. The molecule has 1 heterocycles. The van der Waals surface area contributed by atoms with Gasteiger partial charge in [0.2, 0.25) is 17.7 Å². The van der Waals surface area contributed by atoms with Crippen LogP contribution in [0.15, 0.2) is 96.1 Å². The molecular weight excluding hydrogens is 618 g/mol. The van der Waals surface area contributed by atoms with Gasteiger partial charge in [-0.25, -0.2) is 4.79 Å². The number of nitrogens with zero attached hydrogens (tertiary/aromatic N) is 1. The summed E-state index contributed by atoms with van der Waals surface area (Å²) in [7, 11) is 3.23. The molecule has 264 valence electrons. The molecule has 9 nitrogen and oxygen atoms in total. The number of amides is 3. The van der Waals surface area contributed by atoms with Crippen LogP contribution in [-0.4, -0.2) is 67.0 Å². The molecule has 0 radical (unpaired) electrons. The molecule has 9 heteroatoms. The van der Waals surface area contributed by atoms with Gasteiger partial charge in [-0.05, 0) is 48.8 Å². The molecule has 0 spiro atoms. The van der Waals surface area contributed by atoms with E-state index in [-0.39, 0.29) is 30.3 Å². The van der Waals surface area contributed by atoms with Crippen LogP contribution in [0.5, 0.6) is 0 Å². The van der Waals surface area contributed by atoms with Gasteiger partial charge in [0.05, 0.1) is 6.10 Å². The standard InChI is InChI=1S/C40H53N3O6/c1-26(2)35-40(47)49-34(31-20-13-10-14-21-31)22-16-15-17-28(5)33(48-8)24-23-29(6)39(46)43(7)36(27(3)4)38(45)41-32(37(44)42-35)25-30-18-11-9-12-19-30/h9-21,23,26-27,32-36H,22,24-25H2,1-8H3,(H,41,45)(H,42,44)/b16-15+,28-17+,29-23+/t32-,33-,34+,35+,36+/m1/s1. The van der Waals surface area contributed by atoms with E-state index in [2.05, 4.69) is 10.6 Å². The normalized spacial score (nSPS) is 26.8. The number of hydrogen-bond acceptors (Lipinski definition) is 6. The lowest BCUT2D eigenvalue weighted by atomic mass is 9.98. The van der Waals surface area contributed by atoms with Crippen molar-refractivity contribution in [3.63, 3.8) is 0 Å².